The van der Waals surface area contributed by atoms with Crippen molar-refractivity contribution in [3.63, 3.8) is 0 Å². The highest BCUT2D eigenvalue weighted by molar-refractivity contribution is 5.94. The first kappa shape index (κ1) is 19.8. The lowest BCUT2D eigenvalue weighted by Gasteiger charge is -2.44. The number of carbonyl (C=O) groups excluding carboxylic acids is 1. The van der Waals surface area contributed by atoms with E-state index in [1.54, 1.807) is 0 Å². The molecule has 156 valence electrons. The van der Waals surface area contributed by atoms with Gasteiger partial charge in [0.05, 0.1) is 0 Å². The van der Waals surface area contributed by atoms with Gasteiger partial charge >= 0.3 is 0 Å². The number of benzene rings is 1. The van der Waals surface area contributed by atoms with Crippen LogP contribution in [0.5, 0.6) is 0 Å². The van der Waals surface area contributed by atoms with Crippen molar-refractivity contribution in [2.24, 2.45) is 10.4 Å². The van der Waals surface area contributed by atoms with E-state index >= 15 is 0 Å². The fourth-order valence-electron chi connectivity index (χ4n) is 4.31. The van der Waals surface area contributed by atoms with Gasteiger partial charge in [-0.3, -0.25) is 4.79 Å². The topological polar surface area (TPSA) is 63.2 Å². The molecule has 0 aliphatic carbocycles. The number of rotatable bonds is 2. The number of guanidine groups is 1. The second kappa shape index (κ2) is 7.37. The first-order valence-corrected chi connectivity index (χ1v) is 10.3. The molecule has 7 heteroatoms. The zero-order valence-electron chi connectivity index (χ0n) is 17.9. The van der Waals surface area contributed by atoms with Crippen LogP contribution in [0.3, 0.4) is 0 Å². The number of piperazine rings is 1. The first-order valence-electron chi connectivity index (χ1n) is 10.3. The minimum absolute atomic E-state index is 0.0321. The van der Waals surface area contributed by atoms with Gasteiger partial charge in [0.15, 0.2) is 18.2 Å². The van der Waals surface area contributed by atoms with Gasteiger partial charge in [-0.2, -0.15) is 0 Å². The Bertz CT molecular complexity index is 814. The average Bonchev–Trinajstić information content (AvgIpc) is 3.06. The molecule has 0 saturated carbocycles. The van der Waals surface area contributed by atoms with Gasteiger partial charge < -0.3 is 25.3 Å². The van der Waals surface area contributed by atoms with Gasteiger partial charge in [0.1, 0.15) is 5.82 Å². The summed E-state index contributed by atoms with van der Waals surface area (Å²) in [6.45, 7) is 14.1. The van der Waals surface area contributed by atoms with Crippen molar-refractivity contribution in [1.82, 2.24) is 25.3 Å². The van der Waals surface area contributed by atoms with E-state index in [0.29, 0.717) is 18.4 Å². The van der Waals surface area contributed by atoms with Crippen LogP contribution >= 0.6 is 0 Å². The molecule has 0 aromatic heterocycles. The molecule has 0 spiro atoms. The van der Waals surface area contributed by atoms with Crippen LogP contribution in [0.2, 0.25) is 0 Å². The second-order valence-electron chi connectivity index (χ2n) is 9.27. The van der Waals surface area contributed by atoms with E-state index in [-0.39, 0.29) is 23.5 Å². The number of carbonyl (C=O) groups is 1. The minimum Gasteiger partial charge on any atom is -0.340 e. The summed E-state index contributed by atoms with van der Waals surface area (Å²) in [7, 11) is 1.95. The zero-order chi connectivity index (χ0) is 20.8. The molecule has 2 fully saturated rings. The molecule has 2 saturated heterocycles. The summed E-state index contributed by atoms with van der Waals surface area (Å²) in [5, 5.41) is 6.56. The quantitative estimate of drug-likeness (QED) is 0.791. The van der Waals surface area contributed by atoms with Crippen LogP contribution in [0.1, 0.15) is 26.3 Å². The van der Waals surface area contributed by atoms with Gasteiger partial charge in [-0.05, 0) is 11.0 Å². The monoisotopic (exact) mass is 396 g/mol. The number of nitrogens with one attached hydrogen (secondary N) is 2. The summed E-state index contributed by atoms with van der Waals surface area (Å²) in [5.74, 6) is 1.49. The fraction of sp³-hybridized carbons (Fsp3) is 0.545. The number of fused-ring (bicyclic) bond motifs is 1. The molecule has 3 unspecified atom stereocenters. The zero-order valence-corrected chi connectivity index (χ0v) is 17.9. The molecule has 0 bridgehead atoms. The molecule has 29 heavy (non-hydrogen) atoms. The van der Waals surface area contributed by atoms with Crippen LogP contribution in [-0.2, 0) is 11.3 Å². The molecule has 3 heterocycles. The lowest BCUT2D eigenvalue weighted by atomic mass is 9.85. The van der Waals surface area contributed by atoms with Gasteiger partial charge in [-0.15, -0.1) is 0 Å². The minimum atomic E-state index is -0.358. The van der Waals surface area contributed by atoms with Crippen molar-refractivity contribution in [2.45, 2.75) is 45.6 Å². The van der Waals surface area contributed by atoms with Crippen LogP contribution in [0, 0.1) is 5.41 Å². The van der Waals surface area contributed by atoms with E-state index in [2.05, 4.69) is 59.9 Å². The third-order valence-electron chi connectivity index (χ3n) is 6.18. The average molecular weight is 397 g/mol. The number of hydrogen-bond donors (Lipinski definition) is 2. The highest BCUT2D eigenvalue weighted by Gasteiger charge is 2.48. The van der Waals surface area contributed by atoms with E-state index in [1.165, 1.54) is 5.56 Å². The summed E-state index contributed by atoms with van der Waals surface area (Å²) in [6.07, 6.45) is -0.252. The first-order chi connectivity index (χ1) is 13.8. The Balaban J connectivity index is 1.67. The highest BCUT2D eigenvalue weighted by Crippen LogP contribution is 2.30. The van der Waals surface area contributed by atoms with Crippen molar-refractivity contribution in [3.8, 4) is 0 Å². The van der Waals surface area contributed by atoms with Crippen LogP contribution in [0.15, 0.2) is 47.7 Å². The smallest absolute Gasteiger partial charge is 0.252 e. The van der Waals surface area contributed by atoms with Crippen LogP contribution < -0.4 is 10.6 Å². The summed E-state index contributed by atoms with van der Waals surface area (Å²) in [4.78, 5) is 24.5. The normalized spacial score (nSPS) is 27.7. The van der Waals surface area contributed by atoms with Crippen LogP contribution in [0.4, 0.5) is 0 Å². The van der Waals surface area contributed by atoms with Gasteiger partial charge in [0.25, 0.3) is 5.91 Å². The molecule has 1 aromatic carbocycles. The molecular weight excluding hydrogens is 364 g/mol. The maximum Gasteiger partial charge on any atom is 0.252 e. The Hall–Kier alpha value is -2.54. The third kappa shape index (κ3) is 3.71. The number of aliphatic imine (C=N–C) groups is 1. The summed E-state index contributed by atoms with van der Waals surface area (Å²) >= 11 is 0. The fourth-order valence-corrected chi connectivity index (χ4v) is 4.31. The molecular formula is C22H32N6O. The molecule has 3 aliphatic heterocycles. The second-order valence-corrected chi connectivity index (χ2v) is 9.27. The molecule has 4 rings (SSSR count). The van der Waals surface area contributed by atoms with E-state index in [0.717, 1.165) is 25.6 Å². The van der Waals surface area contributed by atoms with Crippen LogP contribution in [0.25, 0.3) is 0 Å². The maximum atomic E-state index is 12.9. The number of amides is 1. The predicted octanol–water partition coefficient (Wildman–Crippen LogP) is 1.41. The van der Waals surface area contributed by atoms with Crippen LogP contribution in [-0.4, -0.2) is 71.5 Å². The maximum absolute atomic E-state index is 12.9. The van der Waals surface area contributed by atoms with Crippen molar-refractivity contribution in [1.29, 1.82) is 0 Å². The van der Waals surface area contributed by atoms with E-state index < -0.39 is 0 Å². The summed E-state index contributed by atoms with van der Waals surface area (Å²) in [6, 6.07) is 10.3. The standard InChI is InChI=1S/C22H32N6O/c1-15-24-20(29)18-19(26(15)5)25-21(28(18)13-16-9-7-6-8-10-16)27-12-11-23-17(14-27)22(2,3)4/h6-10,17-19,23H,1,11-14H2,2-5H3,(H,24,29). The predicted molar refractivity (Wildman–Crippen MR) is 115 cm³/mol. The van der Waals surface area contributed by atoms with Crippen molar-refractivity contribution < 1.29 is 4.79 Å². The van der Waals surface area contributed by atoms with Crippen molar-refractivity contribution in [3.05, 3.63) is 48.3 Å². The molecule has 3 atom stereocenters. The Morgan fingerprint density at radius 1 is 1.24 bits per heavy atom. The van der Waals surface area contributed by atoms with Gasteiger partial charge in [0.2, 0.25) is 0 Å². The number of hydrogen-bond acceptors (Lipinski definition) is 6. The summed E-state index contributed by atoms with van der Waals surface area (Å²) < 4.78 is 0. The lowest BCUT2D eigenvalue weighted by molar-refractivity contribution is -0.128. The number of nitrogens with zero attached hydrogens (tertiary/aromatic N) is 4. The largest absolute Gasteiger partial charge is 0.340 e. The van der Waals surface area contributed by atoms with Gasteiger partial charge in [-0.1, -0.05) is 57.7 Å². The Morgan fingerprint density at radius 3 is 2.66 bits per heavy atom. The number of likely N-dealkylation sites (N-methyl/N-ethyl adjacent to an activating group) is 1. The molecule has 1 aromatic rings. The third-order valence-corrected chi connectivity index (χ3v) is 6.18. The van der Waals surface area contributed by atoms with Crippen molar-refractivity contribution in [2.75, 3.05) is 26.7 Å². The van der Waals surface area contributed by atoms with Gasteiger partial charge in [-0.25, -0.2) is 4.99 Å². The van der Waals surface area contributed by atoms with E-state index in [9.17, 15) is 4.79 Å². The Labute approximate surface area is 173 Å². The lowest BCUT2D eigenvalue weighted by Crippen LogP contribution is -2.62. The SMILES string of the molecule is C=C1NC(=O)C2C(N=C(N3CCNC(C(C)(C)C)C3)N2Cc2ccccc2)N1C. The Kier molecular flexibility index (Phi) is 5.02. The molecule has 2 N–H and O–H groups in total. The highest BCUT2D eigenvalue weighted by atomic mass is 16.2. The van der Waals surface area contributed by atoms with Crippen molar-refractivity contribution >= 4 is 11.9 Å². The molecule has 3 aliphatic rings. The summed E-state index contributed by atoms with van der Waals surface area (Å²) in [5.41, 5.74) is 1.32. The molecule has 0 radical (unpaired) electrons. The molecule has 1 amide bonds. The van der Waals surface area contributed by atoms with E-state index in [1.807, 2.05) is 30.1 Å². The Morgan fingerprint density at radius 2 is 1.97 bits per heavy atom. The van der Waals surface area contributed by atoms with Gasteiger partial charge in [0, 0.05) is 39.3 Å². The molecule has 7 nitrogen and oxygen atoms in total. The van der Waals surface area contributed by atoms with E-state index in [4.69, 9.17) is 4.99 Å².